The summed E-state index contributed by atoms with van der Waals surface area (Å²) in [5.41, 5.74) is 1.73. The summed E-state index contributed by atoms with van der Waals surface area (Å²) in [6.45, 7) is 3.95. The summed E-state index contributed by atoms with van der Waals surface area (Å²) in [7, 11) is 0. The van der Waals surface area contributed by atoms with Crippen molar-refractivity contribution >= 4 is 17.4 Å². The van der Waals surface area contributed by atoms with E-state index < -0.39 is 0 Å². The van der Waals surface area contributed by atoms with Crippen molar-refractivity contribution in [2.24, 2.45) is 0 Å². The van der Waals surface area contributed by atoms with Gasteiger partial charge in [0.1, 0.15) is 0 Å². The van der Waals surface area contributed by atoms with Crippen LogP contribution in [0.1, 0.15) is 35.7 Å². The molecule has 0 aliphatic heterocycles. The van der Waals surface area contributed by atoms with E-state index in [-0.39, 0.29) is 5.78 Å². The first-order chi connectivity index (χ1) is 6.15. The van der Waals surface area contributed by atoms with Gasteiger partial charge in [0.25, 0.3) is 0 Å². The van der Waals surface area contributed by atoms with Gasteiger partial charge in [-0.1, -0.05) is 30.2 Å². The summed E-state index contributed by atoms with van der Waals surface area (Å²) >= 11 is 5.91. The summed E-state index contributed by atoms with van der Waals surface area (Å²) < 4.78 is 0. The number of halogens is 1. The van der Waals surface area contributed by atoms with E-state index in [4.69, 9.17) is 11.6 Å². The number of carbonyl (C=O) groups excluding carboxylic acids is 1. The smallest absolute Gasteiger partial charge is 0.164 e. The molecule has 0 radical (unpaired) electrons. The number of Topliss-reactive ketones (excluding diaryl/α,β-unsaturated/α-hetero) is 1. The van der Waals surface area contributed by atoms with Crippen LogP contribution in [0.2, 0.25) is 5.02 Å². The second-order valence-corrected chi connectivity index (χ2v) is 3.56. The maximum atomic E-state index is 11.5. The molecule has 0 fully saturated rings. The van der Waals surface area contributed by atoms with E-state index in [2.05, 4.69) is 0 Å². The summed E-state index contributed by atoms with van der Waals surface area (Å²) in [5, 5.41) is 0.559. The van der Waals surface area contributed by atoms with E-state index in [0.717, 1.165) is 12.0 Å². The van der Waals surface area contributed by atoms with Crippen LogP contribution in [0.3, 0.4) is 0 Å². The van der Waals surface area contributed by atoms with E-state index in [1.54, 1.807) is 6.07 Å². The van der Waals surface area contributed by atoms with Gasteiger partial charge in [-0.2, -0.15) is 0 Å². The number of benzene rings is 1. The lowest BCUT2D eigenvalue weighted by molar-refractivity contribution is 0.0982. The van der Waals surface area contributed by atoms with Crippen molar-refractivity contribution in [2.75, 3.05) is 0 Å². The number of ketones is 1. The molecular formula is C11H13ClO. The molecule has 0 aromatic heterocycles. The van der Waals surface area contributed by atoms with Crippen LogP contribution in [0, 0.1) is 6.92 Å². The van der Waals surface area contributed by atoms with E-state index in [0.29, 0.717) is 17.0 Å². The van der Waals surface area contributed by atoms with Crippen LogP contribution in [0.15, 0.2) is 18.2 Å². The molecule has 0 unspecified atom stereocenters. The number of hydrogen-bond acceptors (Lipinski definition) is 1. The molecule has 0 bridgehead atoms. The fraction of sp³-hybridized carbons (Fsp3) is 0.364. The largest absolute Gasteiger partial charge is 0.294 e. The first kappa shape index (κ1) is 10.3. The maximum Gasteiger partial charge on any atom is 0.164 e. The van der Waals surface area contributed by atoms with Crippen molar-refractivity contribution < 1.29 is 4.79 Å². The van der Waals surface area contributed by atoms with E-state index in [9.17, 15) is 4.79 Å². The lowest BCUT2D eigenvalue weighted by Crippen LogP contribution is -1.99. The highest BCUT2D eigenvalue weighted by Gasteiger charge is 2.08. The first-order valence-electron chi connectivity index (χ1n) is 4.44. The predicted molar refractivity (Wildman–Crippen MR) is 55.4 cm³/mol. The third-order valence-electron chi connectivity index (χ3n) is 1.90. The van der Waals surface area contributed by atoms with E-state index >= 15 is 0 Å². The Hall–Kier alpha value is -0.820. The average molecular weight is 197 g/mol. The Morgan fingerprint density at radius 3 is 2.77 bits per heavy atom. The third kappa shape index (κ3) is 2.56. The Labute approximate surface area is 83.7 Å². The van der Waals surface area contributed by atoms with Gasteiger partial charge in [-0.3, -0.25) is 4.79 Å². The quantitative estimate of drug-likeness (QED) is 0.675. The molecule has 70 valence electrons. The van der Waals surface area contributed by atoms with Crippen LogP contribution in [-0.4, -0.2) is 5.78 Å². The lowest BCUT2D eigenvalue weighted by atomic mass is 10.0. The lowest BCUT2D eigenvalue weighted by Gasteiger charge is -2.03. The minimum atomic E-state index is 0.135. The second kappa shape index (κ2) is 4.43. The van der Waals surface area contributed by atoms with Crippen LogP contribution in [-0.2, 0) is 0 Å². The Balaban J connectivity index is 2.99. The molecular weight excluding hydrogens is 184 g/mol. The highest BCUT2D eigenvalue weighted by atomic mass is 35.5. The zero-order valence-electron chi connectivity index (χ0n) is 7.93. The molecule has 1 aromatic carbocycles. The van der Waals surface area contributed by atoms with Crippen molar-refractivity contribution in [3.63, 3.8) is 0 Å². The number of aryl methyl sites for hydroxylation is 1. The van der Waals surface area contributed by atoms with Crippen LogP contribution in [0.5, 0.6) is 0 Å². The Bertz CT molecular complexity index is 318. The molecule has 1 nitrogen and oxygen atoms in total. The monoisotopic (exact) mass is 196 g/mol. The second-order valence-electron chi connectivity index (χ2n) is 3.16. The van der Waals surface area contributed by atoms with Gasteiger partial charge in [0.2, 0.25) is 0 Å². The fourth-order valence-corrected chi connectivity index (χ4v) is 1.44. The molecule has 0 aliphatic rings. The van der Waals surface area contributed by atoms with Gasteiger partial charge < -0.3 is 0 Å². The van der Waals surface area contributed by atoms with Crippen LogP contribution in [0.25, 0.3) is 0 Å². The molecule has 0 spiro atoms. The number of rotatable bonds is 3. The predicted octanol–water partition coefficient (Wildman–Crippen LogP) is 3.63. The van der Waals surface area contributed by atoms with Crippen molar-refractivity contribution in [3.8, 4) is 0 Å². The minimum absolute atomic E-state index is 0.135. The van der Waals surface area contributed by atoms with Gasteiger partial charge >= 0.3 is 0 Å². The molecule has 1 rings (SSSR count). The molecule has 0 N–H and O–H groups in total. The van der Waals surface area contributed by atoms with E-state index in [1.807, 2.05) is 26.0 Å². The zero-order chi connectivity index (χ0) is 9.84. The van der Waals surface area contributed by atoms with Gasteiger partial charge in [0.15, 0.2) is 5.78 Å². The Morgan fingerprint density at radius 1 is 1.46 bits per heavy atom. The molecule has 0 heterocycles. The standard InChI is InChI=1S/C11H13ClO/c1-3-4-11(13)9-7-8(2)5-6-10(9)12/h5-7H,3-4H2,1-2H3. The van der Waals surface area contributed by atoms with Crippen LogP contribution >= 0.6 is 11.6 Å². The van der Waals surface area contributed by atoms with Gasteiger partial charge in [0.05, 0.1) is 5.02 Å². The molecule has 13 heavy (non-hydrogen) atoms. The summed E-state index contributed by atoms with van der Waals surface area (Å²) in [6.07, 6.45) is 1.44. The fourth-order valence-electron chi connectivity index (χ4n) is 1.21. The first-order valence-corrected chi connectivity index (χ1v) is 4.82. The molecule has 2 heteroatoms. The van der Waals surface area contributed by atoms with Crippen molar-refractivity contribution in [2.45, 2.75) is 26.7 Å². The topological polar surface area (TPSA) is 17.1 Å². The molecule has 1 aromatic rings. The van der Waals surface area contributed by atoms with Gasteiger partial charge in [0, 0.05) is 12.0 Å². The summed E-state index contributed by atoms with van der Waals surface area (Å²) in [5.74, 6) is 0.135. The van der Waals surface area contributed by atoms with Crippen LogP contribution < -0.4 is 0 Å². The van der Waals surface area contributed by atoms with Crippen LogP contribution in [0.4, 0.5) is 0 Å². The van der Waals surface area contributed by atoms with Gasteiger partial charge in [-0.25, -0.2) is 0 Å². The highest BCUT2D eigenvalue weighted by molar-refractivity contribution is 6.34. The molecule has 0 saturated carbocycles. The van der Waals surface area contributed by atoms with Crippen molar-refractivity contribution in [1.29, 1.82) is 0 Å². The average Bonchev–Trinajstić information content (AvgIpc) is 2.09. The van der Waals surface area contributed by atoms with Gasteiger partial charge in [-0.15, -0.1) is 0 Å². The van der Waals surface area contributed by atoms with Crippen molar-refractivity contribution in [1.82, 2.24) is 0 Å². The number of carbonyl (C=O) groups is 1. The molecule has 0 atom stereocenters. The molecule has 0 amide bonds. The summed E-state index contributed by atoms with van der Waals surface area (Å²) in [6, 6.07) is 5.53. The Morgan fingerprint density at radius 2 is 2.15 bits per heavy atom. The molecule has 0 saturated heterocycles. The zero-order valence-corrected chi connectivity index (χ0v) is 8.69. The highest BCUT2D eigenvalue weighted by Crippen LogP contribution is 2.19. The Kier molecular flexibility index (Phi) is 3.49. The van der Waals surface area contributed by atoms with Crippen molar-refractivity contribution in [3.05, 3.63) is 34.3 Å². The third-order valence-corrected chi connectivity index (χ3v) is 2.23. The van der Waals surface area contributed by atoms with Gasteiger partial charge in [-0.05, 0) is 25.5 Å². The van der Waals surface area contributed by atoms with E-state index in [1.165, 1.54) is 0 Å². The maximum absolute atomic E-state index is 11.5. The molecule has 0 aliphatic carbocycles. The SMILES string of the molecule is CCCC(=O)c1cc(C)ccc1Cl. The normalized spacial score (nSPS) is 10.1. The minimum Gasteiger partial charge on any atom is -0.294 e. The number of hydrogen-bond donors (Lipinski definition) is 0. The summed E-state index contributed by atoms with van der Waals surface area (Å²) in [4.78, 5) is 11.5.